The van der Waals surface area contributed by atoms with Crippen molar-refractivity contribution in [3.63, 3.8) is 0 Å². The lowest BCUT2D eigenvalue weighted by molar-refractivity contribution is 0.474. The average Bonchev–Trinajstić information content (AvgIpc) is 2.95. The first kappa shape index (κ1) is 12.6. The van der Waals surface area contributed by atoms with E-state index in [4.69, 9.17) is 5.73 Å². The third-order valence-corrected chi connectivity index (χ3v) is 3.79. The zero-order valence-corrected chi connectivity index (χ0v) is 11.0. The van der Waals surface area contributed by atoms with Gasteiger partial charge in [-0.3, -0.25) is 0 Å². The van der Waals surface area contributed by atoms with Crippen LogP contribution in [0.4, 0.5) is 0 Å². The van der Waals surface area contributed by atoms with Crippen LogP contribution in [0.25, 0.3) is 0 Å². The smallest absolute Gasteiger partial charge is 0.147 e. The van der Waals surface area contributed by atoms with Gasteiger partial charge in [-0.15, -0.1) is 10.2 Å². The summed E-state index contributed by atoms with van der Waals surface area (Å²) >= 11 is 0. The first-order chi connectivity index (χ1) is 8.22. The summed E-state index contributed by atoms with van der Waals surface area (Å²) in [5, 5.41) is 8.49. The monoisotopic (exact) mass is 236 g/mol. The van der Waals surface area contributed by atoms with E-state index in [1.54, 1.807) is 0 Å². The maximum atomic E-state index is 5.70. The Labute approximate surface area is 104 Å². The Balaban J connectivity index is 2.01. The van der Waals surface area contributed by atoms with Gasteiger partial charge in [-0.2, -0.15) is 0 Å². The molecule has 1 aromatic heterocycles. The molecule has 0 bridgehead atoms. The average molecular weight is 236 g/mol. The van der Waals surface area contributed by atoms with Crippen LogP contribution >= 0.6 is 0 Å². The number of aromatic nitrogens is 3. The quantitative estimate of drug-likeness (QED) is 0.854. The van der Waals surface area contributed by atoms with E-state index in [0.717, 1.165) is 24.0 Å². The molecule has 0 aromatic carbocycles. The first-order valence-electron chi connectivity index (χ1n) is 6.85. The summed E-state index contributed by atoms with van der Waals surface area (Å²) in [7, 11) is 0. The molecule has 0 spiro atoms. The van der Waals surface area contributed by atoms with Crippen molar-refractivity contribution in [1.29, 1.82) is 0 Å². The number of hydrogen-bond acceptors (Lipinski definition) is 3. The topological polar surface area (TPSA) is 56.7 Å². The highest BCUT2D eigenvalue weighted by Crippen LogP contribution is 2.28. The molecular weight excluding hydrogens is 212 g/mol. The van der Waals surface area contributed by atoms with Gasteiger partial charge in [0.25, 0.3) is 0 Å². The van der Waals surface area contributed by atoms with Crippen molar-refractivity contribution in [3.8, 4) is 0 Å². The van der Waals surface area contributed by atoms with Crippen molar-refractivity contribution in [3.05, 3.63) is 11.6 Å². The molecule has 1 fully saturated rings. The SMILES string of the molecule is CC(C)n1c(CN)nnc1CCC1CCCC1. The second kappa shape index (κ2) is 5.63. The molecule has 4 heteroatoms. The van der Waals surface area contributed by atoms with Crippen molar-refractivity contribution in [2.45, 2.75) is 65.0 Å². The van der Waals surface area contributed by atoms with Crippen molar-refractivity contribution < 1.29 is 0 Å². The lowest BCUT2D eigenvalue weighted by atomic mass is 10.0. The summed E-state index contributed by atoms with van der Waals surface area (Å²) in [5.74, 6) is 2.95. The molecule has 0 aliphatic heterocycles. The number of nitrogens with zero attached hydrogens (tertiary/aromatic N) is 3. The molecule has 0 amide bonds. The highest BCUT2D eigenvalue weighted by Gasteiger charge is 2.18. The van der Waals surface area contributed by atoms with Crippen molar-refractivity contribution in [2.24, 2.45) is 11.7 Å². The van der Waals surface area contributed by atoms with E-state index >= 15 is 0 Å². The van der Waals surface area contributed by atoms with Gasteiger partial charge in [0.15, 0.2) is 0 Å². The molecule has 0 saturated heterocycles. The van der Waals surface area contributed by atoms with E-state index in [0.29, 0.717) is 12.6 Å². The first-order valence-corrected chi connectivity index (χ1v) is 6.85. The van der Waals surface area contributed by atoms with E-state index in [2.05, 4.69) is 28.6 Å². The summed E-state index contributed by atoms with van der Waals surface area (Å²) in [6, 6.07) is 0.405. The second-order valence-electron chi connectivity index (χ2n) is 5.39. The predicted molar refractivity (Wildman–Crippen MR) is 68.6 cm³/mol. The van der Waals surface area contributed by atoms with Gasteiger partial charge in [0.05, 0.1) is 6.54 Å². The van der Waals surface area contributed by atoms with E-state index < -0.39 is 0 Å². The molecule has 0 atom stereocenters. The van der Waals surface area contributed by atoms with Gasteiger partial charge in [-0.25, -0.2) is 0 Å². The minimum Gasteiger partial charge on any atom is -0.324 e. The van der Waals surface area contributed by atoms with Crippen LogP contribution in [-0.4, -0.2) is 14.8 Å². The van der Waals surface area contributed by atoms with Crippen molar-refractivity contribution >= 4 is 0 Å². The Kier molecular flexibility index (Phi) is 4.15. The molecule has 4 nitrogen and oxygen atoms in total. The Morgan fingerprint density at radius 3 is 2.47 bits per heavy atom. The fourth-order valence-electron chi connectivity index (χ4n) is 2.90. The van der Waals surface area contributed by atoms with Crippen LogP contribution < -0.4 is 5.73 Å². The minimum atomic E-state index is 0.405. The molecule has 1 aliphatic rings. The highest BCUT2D eigenvalue weighted by atomic mass is 15.3. The van der Waals surface area contributed by atoms with Crippen LogP contribution in [0.5, 0.6) is 0 Å². The number of aryl methyl sites for hydroxylation is 1. The predicted octanol–water partition coefficient (Wildman–Crippen LogP) is 2.44. The van der Waals surface area contributed by atoms with E-state index in [-0.39, 0.29) is 0 Å². The second-order valence-corrected chi connectivity index (χ2v) is 5.39. The van der Waals surface area contributed by atoms with Gasteiger partial charge in [0.1, 0.15) is 11.6 Å². The molecule has 1 aromatic rings. The summed E-state index contributed by atoms with van der Waals surface area (Å²) in [4.78, 5) is 0. The van der Waals surface area contributed by atoms with Crippen molar-refractivity contribution in [1.82, 2.24) is 14.8 Å². The maximum absolute atomic E-state index is 5.70. The lowest BCUT2D eigenvalue weighted by Gasteiger charge is -2.14. The van der Waals surface area contributed by atoms with Crippen LogP contribution in [0.15, 0.2) is 0 Å². The maximum Gasteiger partial charge on any atom is 0.147 e. The van der Waals surface area contributed by atoms with Crippen molar-refractivity contribution in [2.75, 3.05) is 0 Å². The van der Waals surface area contributed by atoms with E-state index in [1.165, 1.54) is 32.1 Å². The lowest BCUT2D eigenvalue weighted by Crippen LogP contribution is -2.13. The third-order valence-electron chi connectivity index (χ3n) is 3.79. The van der Waals surface area contributed by atoms with Gasteiger partial charge < -0.3 is 10.3 Å². The standard InChI is InChI=1S/C13H24N4/c1-10(2)17-12(15-16-13(17)9-14)8-7-11-5-3-4-6-11/h10-11H,3-9,14H2,1-2H3. The zero-order chi connectivity index (χ0) is 12.3. The third kappa shape index (κ3) is 2.86. The summed E-state index contributed by atoms with van der Waals surface area (Å²) in [6.45, 7) is 4.82. The number of hydrogen-bond donors (Lipinski definition) is 1. The van der Waals surface area contributed by atoms with Crippen LogP contribution in [0.1, 0.15) is 63.6 Å². The Bertz CT molecular complexity index is 350. The highest BCUT2D eigenvalue weighted by molar-refractivity contribution is 4.98. The summed E-state index contributed by atoms with van der Waals surface area (Å²) in [6.07, 6.45) is 7.94. The largest absolute Gasteiger partial charge is 0.324 e. The fourth-order valence-corrected chi connectivity index (χ4v) is 2.90. The van der Waals surface area contributed by atoms with E-state index in [9.17, 15) is 0 Å². The number of rotatable bonds is 5. The van der Waals surface area contributed by atoms with Gasteiger partial charge in [-0.1, -0.05) is 25.7 Å². The van der Waals surface area contributed by atoms with Crippen LogP contribution in [0.3, 0.4) is 0 Å². The molecule has 2 N–H and O–H groups in total. The van der Waals surface area contributed by atoms with E-state index in [1.807, 2.05) is 0 Å². The molecule has 96 valence electrons. The van der Waals surface area contributed by atoms with Crippen LogP contribution in [0.2, 0.25) is 0 Å². The van der Waals surface area contributed by atoms with Crippen LogP contribution in [0, 0.1) is 5.92 Å². The fraction of sp³-hybridized carbons (Fsp3) is 0.846. The Hall–Kier alpha value is -0.900. The Morgan fingerprint density at radius 2 is 1.88 bits per heavy atom. The van der Waals surface area contributed by atoms with Gasteiger partial charge >= 0.3 is 0 Å². The molecule has 2 rings (SSSR count). The van der Waals surface area contributed by atoms with Gasteiger partial charge in [0.2, 0.25) is 0 Å². The summed E-state index contributed by atoms with van der Waals surface area (Å²) < 4.78 is 2.20. The van der Waals surface area contributed by atoms with Gasteiger partial charge in [-0.05, 0) is 26.2 Å². The molecule has 1 saturated carbocycles. The van der Waals surface area contributed by atoms with Gasteiger partial charge in [0, 0.05) is 12.5 Å². The molecule has 0 radical (unpaired) electrons. The molecule has 1 heterocycles. The summed E-state index contributed by atoms with van der Waals surface area (Å²) in [5.41, 5.74) is 5.70. The molecule has 1 aliphatic carbocycles. The zero-order valence-electron chi connectivity index (χ0n) is 11.0. The minimum absolute atomic E-state index is 0.405. The molecule has 0 unspecified atom stereocenters. The van der Waals surface area contributed by atoms with Crippen LogP contribution in [-0.2, 0) is 13.0 Å². The molecule has 17 heavy (non-hydrogen) atoms. The molecular formula is C13H24N4. The Morgan fingerprint density at radius 1 is 1.24 bits per heavy atom. The number of nitrogens with two attached hydrogens (primary N) is 1. The normalized spacial score (nSPS) is 17.2.